The van der Waals surface area contributed by atoms with Crippen LogP contribution in [0.25, 0.3) is 0 Å². The minimum atomic E-state index is -1.59. The van der Waals surface area contributed by atoms with Gasteiger partial charge in [-0.15, -0.1) is 5.92 Å². The number of rotatable bonds is 3. The number of nitro groups is 1. The molecule has 0 amide bonds. The lowest BCUT2D eigenvalue weighted by Gasteiger charge is -1.97. The van der Waals surface area contributed by atoms with Crippen molar-refractivity contribution in [3.05, 3.63) is 10.1 Å². The maximum atomic E-state index is 10.1. The summed E-state index contributed by atoms with van der Waals surface area (Å²) in [6.45, 7) is 1.50. The molecule has 0 bridgehead atoms. The predicted octanol–water partition coefficient (Wildman–Crippen LogP) is 0.130. The van der Waals surface area contributed by atoms with Crippen molar-refractivity contribution in [3.63, 3.8) is 0 Å². The summed E-state index contributed by atoms with van der Waals surface area (Å²) in [5, 5.41) is 18.3. The van der Waals surface area contributed by atoms with Crippen molar-refractivity contribution >= 4 is 5.97 Å². The van der Waals surface area contributed by atoms with Crippen LogP contribution >= 0.6 is 0 Å². The first-order valence-electron chi connectivity index (χ1n) is 2.85. The second kappa shape index (κ2) is 4.28. The Bertz CT molecular complexity index is 210. The lowest BCUT2D eigenvalue weighted by molar-refractivity contribution is -0.508. The van der Waals surface area contributed by atoms with Gasteiger partial charge in [0.25, 0.3) is 0 Å². The summed E-state index contributed by atoms with van der Waals surface area (Å²) in [5.74, 6) is 3.28. The molecule has 60 valence electrons. The fourth-order valence-electron chi connectivity index (χ4n) is 0.451. The molecule has 1 unspecified atom stereocenters. The van der Waals surface area contributed by atoms with Crippen LogP contribution in [0, 0.1) is 22.0 Å². The Kier molecular flexibility index (Phi) is 3.67. The highest BCUT2D eigenvalue weighted by molar-refractivity contribution is 5.72. The number of carboxylic acid groups (broad SMARTS) is 1. The normalized spacial score (nSPS) is 11.0. The number of carboxylic acids is 1. The molecule has 0 aliphatic heterocycles. The van der Waals surface area contributed by atoms with Gasteiger partial charge in [-0.2, -0.15) is 0 Å². The largest absolute Gasteiger partial charge is 0.476 e. The second-order valence-corrected chi connectivity index (χ2v) is 1.77. The third-order valence-corrected chi connectivity index (χ3v) is 1.01. The van der Waals surface area contributed by atoms with Crippen molar-refractivity contribution in [3.8, 4) is 11.8 Å². The molecular formula is C6H7NO4. The van der Waals surface area contributed by atoms with E-state index < -0.39 is 16.9 Å². The zero-order chi connectivity index (χ0) is 8.85. The lowest BCUT2D eigenvalue weighted by atomic mass is 10.2. The first-order chi connectivity index (χ1) is 5.09. The third-order valence-electron chi connectivity index (χ3n) is 1.01. The summed E-state index contributed by atoms with van der Waals surface area (Å²) in [6, 6.07) is -1.59. The van der Waals surface area contributed by atoms with E-state index in [-0.39, 0.29) is 6.42 Å². The molecule has 5 nitrogen and oxygen atoms in total. The molecule has 0 spiro atoms. The number of hydrogen-bond donors (Lipinski definition) is 1. The Morgan fingerprint density at radius 1 is 1.82 bits per heavy atom. The average molecular weight is 157 g/mol. The molecule has 0 aromatic carbocycles. The van der Waals surface area contributed by atoms with E-state index in [1.807, 2.05) is 0 Å². The highest BCUT2D eigenvalue weighted by Crippen LogP contribution is 1.95. The van der Waals surface area contributed by atoms with Gasteiger partial charge in [-0.25, -0.2) is 4.79 Å². The third kappa shape index (κ3) is 3.20. The molecule has 0 rings (SSSR count). The van der Waals surface area contributed by atoms with Crippen molar-refractivity contribution in [2.75, 3.05) is 0 Å². The molecule has 0 saturated heterocycles. The molecule has 0 aliphatic carbocycles. The molecule has 0 saturated carbocycles. The fraction of sp³-hybridized carbons (Fsp3) is 0.500. The smallest absolute Gasteiger partial charge is 0.380 e. The topological polar surface area (TPSA) is 80.4 Å². The quantitative estimate of drug-likeness (QED) is 0.358. The minimum absolute atomic E-state index is 0.237. The molecule has 0 aromatic rings. The monoisotopic (exact) mass is 157 g/mol. The Morgan fingerprint density at radius 2 is 2.36 bits per heavy atom. The van der Waals surface area contributed by atoms with Gasteiger partial charge in [0.1, 0.15) is 0 Å². The predicted molar refractivity (Wildman–Crippen MR) is 36.5 cm³/mol. The maximum Gasteiger partial charge on any atom is 0.380 e. The molecule has 0 heterocycles. The van der Waals surface area contributed by atoms with Gasteiger partial charge in [0.05, 0.1) is 6.42 Å². The zero-order valence-electron chi connectivity index (χ0n) is 5.90. The Balaban J connectivity index is 4.19. The van der Waals surface area contributed by atoms with Crippen molar-refractivity contribution < 1.29 is 14.8 Å². The first kappa shape index (κ1) is 9.43. The van der Waals surface area contributed by atoms with E-state index in [2.05, 4.69) is 11.8 Å². The molecule has 1 N–H and O–H groups in total. The number of nitrogens with zero attached hydrogens (tertiary/aromatic N) is 1. The molecule has 0 aliphatic rings. The van der Waals surface area contributed by atoms with Gasteiger partial charge in [-0.1, -0.05) is 5.92 Å². The van der Waals surface area contributed by atoms with E-state index in [9.17, 15) is 14.9 Å². The molecular weight excluding hydrogens is 150 g/mol. The molecule has 5 heteroatoms. The van der Waals surface area contributed by atoms with Gasteiger partial charge in [-0.3, -0.25) is 10.1 Å². The summed E-state index contributed by atoms with van der Waals surface area (Å²) in [5.41, 5.74) is 0. The Morgan fingerprint density at radius 3 is 2.64 bits per heavy atom. The summed E-state index contributed by atoms with van der Waals surface area (Å²) in [7, 11) is 0. The van der Waals surface area contributed by atoms with E-state index in [1.54, 1.807) is 0 Å². The Hall–Kier alpha value is -1.57. The van der Waals surface area contributed by atoms with Crippen LogP contribution in [0.5, 0.6) is 0 Å². The molecule has 0 radical (unpaired) electrons. The molecule has 1 atom stereocenters. The van der Waals surface area contributed by atoms with E-state index >= 15 is 0 Å². The van der Waals surface area contributed by atoms with Crippen molar-refractivity contribution in [1.29, 1.82) is 0 Å². The van der Waals surface area contributed by atoms with Crippen LogP contribution < -0.4 is 0 Å². The van der Waals surface area contributed by atoms with Gasteiger partial charge in [0.15, 0.2) is 0 Å². The molecule has 0 fully saturated rings. The summed E-state index contributed by atoms with van der Waals surface area (Å²) < 4.78 is 0. The number of hydrogen-bond acceptors (Lipinski definition) is 3. The fourth-order valence-corrected chi connectivity index (χ4v) is 0.451. The number of carbonyl (C=O) groups is 1. The summed E-state index contributed by atoms with van der Waals surface area (Å²) in [6.07, 6.45) is -0.237. The van der Waals surface area contributed by atoms with E-state index in [0.29, 0.717) is 0 Å². The summed E-state index contributed by atoms with van der Waals surface area (Å²) >= 11 is 0. The first-order valence-corrected chi connectivity index (χ1v) is 2.85. The zero-order valence-corrected chi connectivity index (χ0v) is 5.90. The highest BCUT2D eigenvalue weighted by Gasteiger charge is 2.27. The van der Waals surface area contributed by atoms with Crippen molar-refractivity contribution in [2.24, 2.45) is 0 Å². The highest BCUT2D eigenvalue weighted by atomic mass is 16.6. The van der Waals surface area contributed by atoms with Crippen LogP contribution in [0.2, 0.25) is 0 Å². The van der Waals surface area contributed by atoms with Gasteiger partial charge in [-0.05, 0) is 6.92 Å². The average Bonchev–Trinajstić information content (AvgIpc) is 1.87. The molecule has 0 aromatic heterocycles. The van der Waals surface area contributed by atoms with Crippen molar-refractivity contribution in [2.45, 2.75) is 19.4 Å². The van der Waals surface area contributed by atoms with E-state index in [4.69, 9.17) is 5.11 Å². The van der Waals surface area contributed by atoms with Crippen LogP contribution in [0.4, 0.5) is 0 Å². The van der Waals surface area contributed by atoms with Gasteiger partial charge in [0, 0.05) is 4.92 Å². The van der Waals surface area contributed by atoms with Crippen LogP contribution in [0.3, 0.4) is 0 Å². The molecule has 11 heavy (non-hydrogen) atoms. The van der Waals surface area contributed by atoms with Gasteiger partial charge >= 0.3 is 12.0 Å². The SMILES string of the molecule is CC#CCC(C(=O)O)[N+](=O)[O-]. The van der Waals surface area contributed by atoms with E-state index in [0.717, 1.165) is 0 Å². The Labute approximate surface area is 63.2 Å². The van der Waals surface area contributed by atoms with Crippen LogP contribution in [-0.2, 0) is 4.79 Å². The van der Waals surface area contributed by atoms with Gasteiger partial charge < -0.3 is 5.11 Å². The minimum Gasteiger partial charge on any atom is -0.476 e. The van der Waals surface area contributed by atoms with E-state index in [1.165, 1.54) is 6.92 Å². The standard InChI is InChI=1S/C6H7NO4/c1-2-3-4-5(6(8)9)7(10)11/h5H,4H2,1H3,(H,8,9). The van der Waals surface area contributed by atoms with Crippen molar-refractivity contribution in [1.82, 2.24) is 0 Å². The van der Waals surface area contributed by atoms with Crippen LogP contribution in [-0.4, -0.2) is 22.0 Å². The second-order valence-electron chi connectivity index (χ2n) is 1.77. The number of aliphatic carboxylic acids is 1. The lowest BCUT2D eigenvalue weighted by Crippen LogP contribution is -2.28. The van der Waals surface area contributed by atoms with Crippen LogP contribution in [0.15, 0.2) is 0 Å². The van der Waals surface area contributed by atoms with Gasteiger partial charge in [0.2, 0.25) is 0 Å². The summed E-state index contributed by atoms with van der Waals surface area (Å²) in [4.78, 5) is 19.3. The van der Waals surface area contributed by atoms with Crippen LogP contribution in [0.1, 0.15) is 13.3 Å². The maximum absolute atomic E-state index is 10.1.